The van der Waals surface area contributed by atoms with Gasteiger partial charge in [0.1, 0.15) is 0 Å². The molecular formula is C12H5BrF9NO2. The minimum absolute atomic E-state index is 0.407. The maximum Gasteiger partial charge on any atom is 0.428 e. The number of carbonyl (C=O) groups excluding carboxylic acids is 1. The number of nitrogens with one attached hydrogen (secondary N) is 1. The lowest BCUT2D eigenvalue weighted by Crippen LogP contribution is -2.63. The number of benzene rings is 1. The van der Waals surface area contributed by atoms with Crippen LogP contribution in [0.2, 0.25) is 0 Å². The number of anilines is 1. The first-order valence-electron chi connectivity index (χ1n) is 6.07. The van der Waals surface area contributed by atoms with Gasteiger partial charge in [0, 0.05) is 10.2 Å². The molecule has 1 aromatic carbocycles. The summed E-state index contributed by atoms with van der Waals surface area (Å²) in [5, 5.41) is 1.25. The summed E-state index contributed by atoms with van der Waals surface area (Å²) in [6.45, 7) is 0. The fourth-order valence-corrected chi connectivity index (χ4v) is 2.10. The van der Waals surface area contributed by atoms with Crippen molar-refractivity contribution in [3.8, 4) is 0 Å². The molecule has 0 unspecified atom stereocenters. The van der Waals surface area contributed by atoms with Crippen LogP contribution in [0.25, 0.3) is 0 Å². The molecule has 0 aromatic heterocycles. The largest absolute Gasteiger partial charge is 0.428 e. The van der Waals surface area contributed by atoms with E-state index < -0.39 is 41.3 Å². The topological polar surface area (TPSA) is 38.3 Å². The minimum Gasteiger partial charge on any atom is -0.321 e. The smallest absolute Gasteiger partial charge is 0.321 e. The van der Waals surface area contributed by atoms with Gasteiger partial charge >= 0.3 is 35.6 Å². The molecule has 0 aliphatic carbocycles. The predicted molar refractivity (Wildman–Crippen MR) is 67.5 cm³/mol. The molecule has 0 saturated carbocycles. The highest BCUT2D eigenvalue weighted by molar-refractivity contribution is 9.10. The quantitative estimate of drug-likeness (QED) is 0.691. The molecule has 25 heavy (non-hydrogen) atoms. The van der Waals surface area contributed by atoms with Crippen LogP contribution in [0.3, 0.4) is 0 Å². The van der Waals surface area contributed by atoms with E-state index in [-0.39, 0.29) is 0 Å². The Morgan fingerprint density at radius 2 is 1.44 bits per heavy atom. The van der Waals surface area contributed by atoms with Crippen molar-refractivity contribution in [3.63, 3.8) is 0 Å². The molecule has 1 N–H and O–H groups in total. The highest BCUT2D eigenvalue weighted by Crippen LogP contribution is 2.64. The molecule has 1 aliphatic heterocycles. The molecule has 3 nitrogen and oxygen atoms in total. The lowest BCUT2D eigenvalue weighted by atomic mass is 9.99. The molecule has 1 fully saturated rings. The van der Waals surface area contributed by atoms with Crippen molar-refractivity contribution in [1.29, 1.82) is 0 Å². The molecule has 1 atom stereocenters. The summed E-state index contributed by atoms with van der Waals surface area (Å²) in [5.74, 6) is -28.6. The lowest BCUT2D eigenvalue weighted by molar-refractivity contribution is -0.366. The van der Waals surface area contributed by atoms with Crippen LogP contribution in [0.5, 0.6) is 0 Å². The Bertz CT molecular complexity index is 694. The van der Waals surface area contributed by atoms with Crippen molar-refractivity contribution in [3.05, 3.63) is 28.7 Å². The average molecular weight is 446 g/mol. The molecule has 0 spiro atoms. The number of hydrogen-bond acceptors (Lipinski definition) is 2. The summed E-state index contributed by atoms with van der Waals surface area (Å²) >= 11 is 2.95. The Balaban J connectivity index is 2.40. The van der Waals surface area contributed by atoms with Gasteiger partial charge in [0.2, 0.25) is 0 Å². The molecule has 2 rings (SSSR count). The fourth-order valence-electron chi connectivity index (χ4n) is 1.84. The van der Waals surface area contributed by atoms with Crippen LogP contribution in [-0.2, 0) is 9.53 Å². The van der Waals surface area contributed by atoms with E-state index in [0.717, 1.165) is 12.1 Å². The Hall–Kier alpha value is -1.50. The fraction of sp³-hybridized carbons (Fsp3) is 0.417. The van der Waals surface area contributed by atoms with Crippen molar-refractivity contribution in [2.75, 3.05) is 5.32 Å². The zero-order valence-electron chi connectivity index (χ0n) is 11.4. The summed E-state index contributed by atoms with van der Waals surface area (Å²) in [4.78, 5) is 11.4. The molecule has 140 valence electrons. The van der Waals surface area contributed by atoms with Gasteiger partial charge in [0.15, 0.2) is 0 Å². The molecule has 1 aromatic rings. The van der Waals surface area contributed by atoms with Gasteiger partial charge in [-0.25, -0.2) is 0 Å². The van der Waals surface area contributed by atoms with Gasteiger partial charge in [-0.05, 0) is 24.3 Å². The first-order valence-corrected chi connectivity index (χ1v) is 6.87. The van der Waals surface area contributed by atoms with E-state index in [4.69, 9.17) is 0 Å². The Morgan fingerprint density at radius 3 is 1.84 bits per heavy atom. The van der Waals surface area contributed by atoms with E-state index in [1.165, 1.54) is 17.4 Å². The highest BCUT2D eigenvalue weighted by atomic mass is 79.9. The Kier molecular flexibility index (Phi) is 4.36. The van der Waals surface area contributed by atoms with Crippen molar-refractivity contribution in [2.24, 2.45) is 0 Å². The zero-order chi connectivity index (χ0) is 19.5. The van der Waals surface area contributed by atoms with Crippen molar-refractivity contribution >= 4 is 27.5 Å². The van der Waals surface area contributed by atoms with Crippen molar-refractivity contribution < 1.29 is 49.0 Å². The number of carbonyl (C=O) groups is 1. The standard InChI is InChI=1S/C12H5BrF9NO2/c13-5-1-3-6(4-2-5)23-7(24)8(14,15)11(20)9(16,17)10(18,19)12(21,22)25-11/h1-4H,(H,23,24)/t11-/m1/s1. The summed E-state index contributed by atoms with van der Waals surface area (Å²) < 4.78 is 122. The first kappa shape index (κ1) is 19.8. The number of rotatable bonds is 3. The van der Waals surface area contributed by atoms with Crippen LogP contribution < -0.4 is 5.32 Å². The number of hydrogen-bond donors (Lipinski definition) is 1. The lowest BCUT2D eigenvalue weighted by Gasteiger charge is -2.31. The second-order valence-corrected chi connectivity index (χ2v) is 5.81. The first-order chi connectivity index (χ1) is 11.1. The summed E-state index contributed by atoms with van der Waals surface area (Å²) in [5.41, 5.74) is -0.476. The van der Waals surface area contributed by atoms with Gasteiger partial charge in [-0.1, -0.05) is 15.9 Å². The Labute approximate surface area is 141 Å². The molecular weight excluding hydrogens is 441 g/mol. The van der Waals surface area contributed by atoms with Crippen LogP contribution in [0.4, 0.5) is 45.2 Å². The van der Waals surface area contributed by atoms with E-state index in [9.17, 15) is 44.3 Å². The van der Waals surface area contributed by atoms with Gasteiger partial charge < -0.3 is 5.32 Å². The average Bonchev–Trinajstić information content (AvgIpc) is 2.57. The Morgan fingerprint density at radius 1 is 0.960 bits per heavy atom. The highest BCUT2D eigenvalue weighted by Gasteiger charge is 2.96. The summed E-state index contributed by atoms with van der Waals surface area (Å²) in [6.07, 6.45) is -6.27. The third-order valence-corrected chi connectivity index (χ3v) is 3.75. The minimum atomic E-state index is -6.70. The van der Waals surface area contributed by atoms with Gasteiger partial charge in [-0.2, -0.15) is 39.5 Å². The SMILES string of the molecule is O=C(Nc1ccc(Br)cc1)C(F)(F)[C@@]1(F)OC(F)(F)C(F)(F)C1(F)F. The van der Waals surface area contributed by atoms with Crippen LogP contribution >= 0.6 is 15.9 Å². The second-order valence-electron chi connectivity index (χ2n) is 4.90. The van der Waals surface area contributed by atoms with E-state index in [2.05, 4.69) is 20.7 Å². The van der Waals surface area contributed by atoms with E-state index in [1.54, 1.807) is 0 Å². The molecule has 0 radical (unpaired) electrons. The summed E-state index contributed by atoms with van der Waals surface area (Å²) in [7, 11) is 0. The van der Waals surface area contributed by atoms with Gasteiger partial charge in [-0.15, -0.1) is 0 Å². The van der Waals surface area contributed by atoms with Gasteiger partial charge in [0.05, 0.1) is 0 Å². The molecule has 1 amide bonds. The third-order valence-electron chi connectivity index (χ3n) is 3.22. The third kappa shape index (κ3) is 2.58. The monoisotopic (exact) mass is 445 g/mol. The number of halogens is 10. The van der Waals surface area contributed by atoms with Crippen LogP contribution in [0.1, 0.15) is 0 Å². The maximum atomic E-state index is 13.9. The second kappa shape index (κ2) is 5.50. The molecule has 13 heteroatoms. The molecule has 1 saturated heterocycles. The van der Waals surface area contributed by atoms with Crippen LogP contribution in [-0.4, -0.2) is 35.6 Å². The van der Waals surface area contributed by atoms with E-state index in [1.807, 2.05) is 0 Å². The van der Waals surface area contributed by atoms with E-state index in [0.29, 0.717) is 4.47 Å². The maximum absolute atomic E-state index is 13.9. The molecule has 1 aliphatic rings. The zero-order valence-corrected chi connectivity index (χ0v) is 13.0. The summed E-state index contributed by atoms with van der Waals surface area (Å²) in [6, 6.07) is 4.31. The number of ether oxygens (including phenoxy) is 1. The van der Waals surface area contributed by atoms with E-state index >= 15 is 0 Å². The van der Waals surface area contributed by atoms with Crippen LogP contribution in [0, 0.1) is 0 Å². The van der Waals surface area contributed by atoms with Crippen molar-refractivity contribution in [2.45, 2.75) is 29.7 Å². The van der Waals surface area contributed by atoms with Crippen LogP contribution in [0.15, 0.2) is 28.7 Å². The van der Waals surface area contributed by atoms with Gasteiger partial charge in [-0.3, -0.25) is 9.53 Å². The van der Waals surface area contributed by atoms with Crippen molar-refractivity contribution in [1.82, 2.24) is 0 Å². The molecule has 0 bridgehead atoms. The number of amides is 1. The molecule has 1 heterocycles. The predicted octanol–water partition coefficient (Wildman–Crippen LogP) is 4.58. The van der Waals surface area contributed by atoms with Gasteiger partial charge in [0.25, 0.3) is 0 Å². The number of alkyl halides is 9. The normalized spacial score (nSPS) is 27.1.